The Balaban J connectivity index is 4.49. The molecule has 0 radical (unpaired) electrons. The molecule has 0 N–H and O–H groups in total. The summed E-state index contributed by atoms with van der Waals surface area (Å²) in [6.07, 6.45) is 62.4. The molecule has 0 spiro atoms. The lowest BCUT2D eigenvalue weighted by Crippen LogP contribution is -2.30. The SMILES string of the molecule is CC\C=C/C=C\C=C/C=C\CCCCCCCC(=O)OCC(COC(=O)CCCCC\C=C/C=C\C=C/C=C\CC)OC(=O)CCCCCCCCCCCCCCCC. The van der Waals surface area contributed by atoms with Crippen molar-refractivity contribution in [1.82, 2.24) is 0 Å². The number of esters is 3. The topological polar surface area (TPSA) is 78.9 Å². The van der Waals surface area contributed by atoms with E-state index in [4.69, 9.17) is 14.2 Å². The van der Waals surface area contributed by atoms with Gasteiger partial charge in [0.15, 0.2) is 6.10 Å². The molecule has 1 atom stereocenters. The second kappa shape index (κ2) is 48.0. The van der Waals surface area contributed by atoms with Crippen LogP contribution < -0.4 is 0 Å². The smallest absolute Gasteiger partial charge is 0.306 e. The largest absolute Gasteiger partial charge is 0.462 e. The predicted molar refractivity (Wildman–Crippen MR) is 256 cm³/mol. The first-order chi connectivity index (χ1) is 29.5. The van der Waals surface area contributed by atoms with E-state index in [1.165, 1.54) is 70.6 Å². The zero-order chi connectivity index (χ0) is 43.7. The number of hydrogen-bond donors (Lipinski definition) is 0. The molecule has 0 saturated heterocycles. The maximum absolute atomic E-state index is 12.8. The zero-order valence-electron chi connectivity index (χ0n) is 38.7. The van der Waals surface area contributed by atoms with E-state index in [1.54, 1.807) is 0 Å². The molecule has 6 nitrogen and oxygen atoms in total. The number of hydrogen-bond acceptors (Lipinski definition) is 6. The summed E-state index contributed by atoms with van der Waals surface area (Å²) in [5.41, 5.74) is 0. The normalized spacial score (nSPS) is 12.9. The highest BCUT2D eigenvalue weighted by Gasteiger charge is 2.19. The minimum Gasteiger partial charge on any atom is -0.462 e. The highest BCUT2D eigenvalue weighted by Crippen LogP contribution is 2.15. The van der Waals surface area contributed by atoms with Gasteiger partial charge in [-0.15, -0.1) is 0 Å². The van der Waals surface area contributed by atoms with Crippen molar-refractivity contribution in [2.24, 2.45) is 0 Å². The molecule has 0 saturated carbocycles. The Kier molecular flexibility index (Phi) is 45.1. The summed E-state index contributed by atoms with van der Waals surface area (Å²) in [5, 5.41) is 0. The van der Waals surface area contributed by atoms with Crippen LogP contribution in [0.1, 0.15) is 207 Å². The molecule has 0 rings (SSSR count). The fraction of sp³-hybridized carbons (Fsp3) is 0.648. The van der Waals surface area contributed by atoms with Gasteiger partial charge in [0.25, 0.3) is 0 Å². The summed E-state index contributed by atoms with van der Waals surface area (Å²) < 4.78 is 16.7. The Morgan fingerprint density at radius 2 is 0.650 bits per heavy atom. The second-order valence-corrected chi connectivity index (χ2v) is 15.8. The fourth-order valence-corrected chi connectivity index (χ4v) is 6.40. The first kappa shape index (κ1) is 56.3. The number of carbonyl (C=O) groups excluding carboxylic acids is 3. The van der Waals surface area contributed by atoms with E-state index < -0.39 is 6.10 Å². The van der Waals surface area contributed by atoms with Gasteiger partial charge in [0.2, 0.25) is 0 Å². The predicted octanol–water partition coefficient (Wildman–Crippen LogP) is 15.8. The van der Waals surface area contributed by atoms with Crippen LogP contribution in [0.2, 0.25) is 0 Å². The molecule has 0 aromatic rings. The van der Waals surface area contributed by atoms with Crippen molar-refractivity contribution >= 4 is 17.9 Å². The minimum absolute atomic E-state index is 0.103. The molecule has 0 aliphatic heterocycles. The van der Waals surface area contributed by atoms with Gasteiger partial charge in [-0.1, -0.05) is 227 Å². The molecule has 0 aliphatic rings. The van der Waals surface area contributed by atoms with Gasteiger partial charge >= 0.3 is 17.9 Å². The molecule has 340 valence electrons. The molecule has 6 heteroatoms. The zero-order valence-corrected chi connectivity index (χ0v) is 38.7. The molecule has 0 amide bonds. The summed E-state index contributed by atoms with van der Waals surface area (Å²) in [7, 11) is 0. The summed E-state index contributed by atoms with van der Waals surface area (Å²) >= 11 is 0. The van der Waals surface area contributed by atoms with E-state index in [0.29, 0.717) is 19.3 Å². The van der Waals surface area contributed by atoms with Gasteiger partial charge in [-0.3, -0.25) is 14.4 Å². The van der Waals surface area contributed by atoms with Crippen molar-refractivity contribution in [2.45, 2.75) is 213 Å². The minimum atomic E-state index is -0.801. The van der Waals surface area contributed by atoms with Crippen LogP contribution in [-0.2, 0) is 28.6 Å². The number of ether oxygens (including phenoxy) is 3. The Morgan fingerprint density at radius 3 is 1.03 bits per heavy atom. The molecular formula is C54H88O6. The van der Waals surface area contributed by atoms with Crippen LogP contribution in [0.15, 0.2) is 97.2 Å². The van der Waals surface area contributed by atoms with E-state index in [9.17, 15) is 14.4 Å². The highest BCUT2D eigenvalue weighted by atomic mass is 16.6. The average molecular weight is 833 g/mol. The Labute approximate surface area is 368 Å². The van der Waals surface area contributed by atoms with Crippen LogP contribution in [0.25, 0.3) is 0 Å². The number of rotatable bonds is 42. The first-order valence-corrected chi connectivity index (χ1v) is 24.3. The van der Waals surface area contributed by atoms with Gasteiger partial charge < -0.3 is 14.2 Å². The standard InChI is InChI=1S/C54H88O6/c1-4-7-10-13-16-19-22-25-27-30-32-35-38-41-44-47-53(56)59-50-51(49-58-52(55)46-43-40-37-34-31-28-24-21-18-15-12-9-6-3)60-54(57)48-45-42-39-36-33-29-26-23-20-17-14-11-8-5-2/h7,9-10,12-13,15-16,18-19,21-22,24-25,27-28,31,51H,4-6,8,11,14,17,20,23,26,29-30,32-50H2,1-3H3/b10-7-,12-9-,16-13-,18-15-,22-19-,24-21-,27-25-,31-28-. The van der Waals surface area contributed by atoms with E-state index in [0.717, 1.165) is 96.3 Å². The number of carbonyl (C=O) groups is 3. The van der Waals surface area contributed by atoms with Gasteiger partial charge in [0.1, 0.15) is 13.2 Å². The maximum Gasteiger partial charge on any atom is 0.306 e. The van der Waals surface area contributed by atoms with Crippen LogP contribution in [0.5, 0.6) is 0 Å². The summed E-state index contributed by atoms with van der Waals surface area (Å²) in [6, 6.07) is 0. The third-order valence-electron chi connectivity index (χ3n) is 10.0. The lowest BCUT2D eigenvalue weighted by molar-refractivity contribution is -0.167. The van der Waals surface area contributed by atoms with Crippen LogP contribution in [0.3, 0.4) is 0 Å². The van der Waals surface area contributed by atoms with Gasteiger partial charge in [0.05, 0.1) is 0 Å². The van der Waals surface area contributed by atoms with Crippen LogP contribution in [0, 0.1) is 0 Å². The lowest BCUT2D eigenvalue weighted by Gasteiger charge is -2.18. The molecular weight excluding hydrogens is 745 g/mol. The number of unbranched alkanes of at least 4 members (excludes halogenated alkanes) is 21. The van der Waals surface area contributed by atoms with Crippen molar-refractivity contribution in [3.63, 3.8) is 0 Å². The molecule has 0 aromatic heterocycles. The highest BCUT2D eigenvalue weighted by molar-refractivity contribution is 5.71. The average Bonchev–Trinajstić information content (AvgIpc) is 3.24. The van der Waals surface area contributed by atoms with Gasteiger partial charge in [-0.2, -0.15) is 0 Å². The molecule has 0 heterocycles. The van der Waals surface area contributed by atoms with Gasteiger partial charge in [0, 0.05) is 19.3 Å². The third kappa shape index (κ3) is 45.4. The fourth-order valence-electron chi connectivity index (χ4n) is 6.40. The molecule has 0 fully saturated rings. The van der Waals surface area contributed by atoms with E-state index in [-0.39, 0.29) is 31.1 Å². The summed E-state index contributed by atoms with van der Waals surface area (Å²) in [5.74, 6) is -0.967. The number of allylic oxidation sites excluding steroid dienone is 16. The summed E-state index contributed by atoms with van der Waals surface area (Å²) in [4.78, 5) is 37.9. The molecule has 1 unspecified atom stereocenters. The molecule has 0 aliphatic carbocycles. The van der Waals surface area contributed by atoms with E-state index in [2.05, 4.69) is 57.2 Å². The van der Waals surface area contributed by atoms with Crippen LogP contribution >= 0.6 is 0 Å². The molecule has 0 bridgehead atoms. The monoisotopic (exact) mass is 833 g/mol. The van der Waals surface area contributed by atoms with Gasteiger partial charge in [-0.25, -0.2) is 0 Å². The molecule has 0 aromatic carbocycles. The quantitative estimate of drug-likeness (QED) is 0.0264. The van der Waals surface area contributed by atoms with Crippen molar-refractivity contribution in [3.05, 3.63) is 97.2 Å². The third-order valence-corrected chi connectivity index (χ3v) is 10.0. The van der Waals surface area contributed by atoms with Crippen LogP contribution in [0.4, 0.5) is 0 Å². The first-order valence-electron chi connectivity index (χ1n) is 24.3. The van der Waals surface area contributed by atoms with Gasteiger partial charge in [-0.05, 0) is 57.8 Å². The second-order valence-electron chi connectivity index (χ2n) is 15.8. The van der Waals surface area contributed by atoms with Crippen molar-refractivity contribution in [1.29, 1.82) is 0 Å². The van der Waals surface area contributed by atoms with Crippen molar-refractivity contribution in [2.75, 3.05) is 13.2 Å². The maximum atomic E-state index is 12.8. The van der Waals surface area contributed by atoms with Crippen molar-refractivity contribution < 1.29 is 28.6 Å². The Morgan fingerprint density at radius 1 is 0.350 bits per heavy atom. The summed E-state index contributed by atoms with van der Waals surface area (Å²) in [6.45, 7) is 6.29. The van der Waals surface area contributed by atoms with Crippen molar-refractivity contribution in [3.8, 4) is 0 Å². The lowest BCUT2D eigenvalue weighted by atomic mass is 10.0. The Hall–Kier alpha value is -3.67. The van der Waals surface area contributed by atoms with E-state index >= 15 is 0 Å². The van der Waals surface area contributed by atoms with E-state index in [1.807, 2.05) is 60.8 Å². The molecule has 60 heavy (non-hydrogen) atoms. The Bertz CT molecular complexity index is 1230. The van der Waals surface area contributed by atoms with Crippen LogP contribution in [-0.4, -0.2) is 37.2 Å².